The summed E-state index contributed by atoms with van der Waals surface area (Å²) in [5.41, 5.74) is -0.257. The highest BCUT2D eigenvalue weighted by Gasteiger charge is 2.30. The van der Waals surface area contributed by atoms with Crippen LogP contribution in [0.1, 0.15) is 50.4 Å². The van der Waals surface area contributed by atoms with Crippen molar-refractivity contribution in [2.45, 2.75) is 52.4 Å². The molecule has 0 saturated heterocycles. The van der Waals surface area contributed by atoms with Crippen molar-refractivity contribution in [2.24, 2.45) is 5.41 Å². The smallest absolute Gasteiger partial charge is 0.338 e. The largest absolute Gasteiger partial charge is 0.460 e. The first-order valence-electron chi connectivity index (χ1n) is 23.8. The molecular weight excluding hydrogens is 933 g/mol. The van der Waals surface area contributed by atoms with E-state index in [-0.39, 0.29) is 51.2 Å². The Morgan fingerprint density at radius 1 is 0.557 bits per heavy atom. The van der Waals surface area contributed by atoms with Gasteiger partial charge in [-0.2, -0.15) is 0 Å². The standard InChI is InChI=1S/C51H74O18S/c1-6-47(52)67-33-27-59-24-30-64-40(4)12-11-17-56-18-21-61-37-51(8-3,38-62-22-19-57-25-31-65-41(5)66-32-26-60-28-34-68-48(53)7-2)39-63-23-20-58-29-35-69-50(55)42-15-16-46-44(36-42)49(54)43-13-9-10-14-45(43)70-46/h6-7,9-10,13-16,36,40-41H,1-2,8,11-12,17-35,37-39H2,3-5H3. The van der Waals surface area contributed by atoms with Gasteiger partial charge < -0.3 is 66.3 Å². The fourth-order valence-corrected chi connectivity index (χ4v) is 7.40. The summed E-state index contributed by atoms with van der Waals surface area (Å²) in [6.45, 7) is 19.7. The molecule has 1 heterocycles. The predicted octanol–water partition coefficient (Wildman–Crippen LogP) is 6.12. The van der Waals surface area contributed by atoms with E-state index in [0.29, 0.717) is 122 Å². The molecule has 0 amide bonds. The molecule has 0 radical (unpaired) electrons. The summed E-state index contributed by atoms with van der Waals surface area (Å²) in [5, 5.41) is 1.11. The summed E-state index contributed by atoms with van der Waals surface area (Å²) >= 11 is 1.50. The second-order valence-corrected chi connectivity index (χ2v) is 16.8. The van der Waals surface area contributed by atoms with Gasteiger partial charge in [0, 0.05) is 44.3 Å². The van der Waals surface area contributed by atoms with Gasteiger partial charge in [-0.1, -0.05) is 32.2 Å². The summed E-state index contributed by atoms with van der Waals surface area (Å²) in [7, 11) is 0. The maximum Gasteiger partial charge on any atom is 0.338 e. The molecule has 3 unspecified atom stereocenters. The number of carbonyl (C=O) groups excluding carboxylic acids is 3. The van der Waals surface area contributed by atoms with Crippen LogP contribution in [0.4, 0.5) is 0 Å². The maximum atomic E-state index is 13.1. The topological polar surface area (TPSA) is 197 Å². The zero-order valence-corrected chi connectivity index (χ0v) is 42.0. The fraction of sp³-hybridized carbons (Fsp3) is 0.608. The van der Waals surface area contributed by atoms with Crippen molar-refractivity contribution in [3.63, 3.8) is 0 Å². The van der Waals surface area contributed by atoms with Crippen molar-refractivity contribution in [1.82, 2.24) is 0 Å². The van der Waals surface area contributed by atoms with Gasteiger partial charge in [-0.15, -0.1) is 11.3 Å². The summed E-state index contributed by atoms with van der Waals surface area (Å²) in [6, 6.07) is 12.5. The molecule has 0 saturated carbocycles. The van der Waals surface area contributed by atoms with E-state index in [1.807, 2.05) is 25.1 Å². The lowest BCUT2D eigenvalue weighted by atomic mass is 9.88. The van der Waals surface area contributed by atoms with Crippen molar-refractivity contribution in [3.8, 4) is 0 Å². The number of ether oxygens (including phenoxy) is 14. The number of hydrogen-bond acceptors (Lipinski definition) is 19. The molecule has 0 bridgehead atoms. The lowest BCUT2D eigenvalue weighted by Gasteiger charge is -2.32. The van der Waals surface area contributed by atoms with Crippen molar-refractivity contribution >= 4 is 49.4 Å². The minimum Gasteiger partial charge on any atom is -0.460 e. The average molecular weight is 1010 g/mol. The van der Waals surface area contributed by atoms with Crippen LogP contribution in [0.15, 0.2) is 72.6 Å². The molecule has 18 nitrogen and oxygen atoms in total. The zero-order chi connectivity index (χ0) is 50.5. The zero-order valence-electron chi connectivity index (χ0n) is 41.2. The molecule has 1 aromatic heterocycles. The van der Waals surface area contributed by atoms with Gasteiger partial charge in [0.2, 0.25) is 0 Å². The highest BCUT2D eigenvalue weighted by atomic mass is 32.1. The van der Waals surface area contributed by atoms with Crippen LogP contribution in [-0.2, 0) is 75.9 Å². The van der Waals surface area contributed by atoms with Crippen molar-refractivity contribution in [2.75, 3.05) is 145 Å². The molecule has 392 valence electrons. The normalized spacial score (nSPS) is 13.2. The van der Waals surface area contributed by atoms with E-state index in [1.165, 1.54) is 11.3 Å². The lowest BCUT2D eigenvalue weighted by molar-refractivity contribution is -0.150. The molecule has 0 aliphatic carbocycles. The first-order valence-corrected chi connectivity index (χ1v) is 24.6. The Hall–Kier alpha value is -4.22. The molecule has 3 rings (SSSR count). The van der Waals surface area contributed by atoms with Gasteiger partial charge in [-0.3, -0.25) is 4.79 Å². The summed E-state index contributed by atoms with van der Waals surface area (Å²) in [6.07, 6.45) is 4.18. The number of carbonyl (C=O) groups is 3. The van der Waals surface area contributed by atoms with E-state index in [9.17, 15) is 19.2 Å². The first kappa shape index (κ1) is 60.1. The third-order valence-electron chi connectivity index (χ3n) is 10.3. The number of fused-ring (bicyclic) bond motifs is 2. The van der Waals surface area contributed by atoms with Crippen molar-refractivity contribution in [1.29, 1.82) is 0 Å². The minimum atomic E-state index is -0.528. The SMILES string of the molecule is C=CC(=O)OCCOCCOC(C)CCCOCCOCC(CC)(COCCOCCOC(=O)c1ccc2sc3ccccc3c(=O)c2c1)COCCOCCOC(C)OCCOCCOC(=O)C=C. The molecule has 3 atom stereocenters. The summed E-state index contributed by atoms with van der Waals surface area (Å²) in [5.74, 6) is -1.49. The van der Waals surface area contributed by atoms with Crippen LogP contribution in [0.2, 0.25) is 0 Å². The Morgan fingerprint density at radius 2 is 1.01 bits per heavy atom. The fourth-order valence-electron chi connectivity index (χ4n) is 6.35. The van der Waals surface area contributed by atoms with Gasteiger partial charge >= 0.3 is 17.9 Å². The van der Waals surface area contributed by atoms with Crippen LogP contribution in [0.5, 0.6) is 0 Å². The maximum absolute atomic E-state index is 13.1. The van der Waals surface area contributed by atoms with Crippen LogP contribution in [0, 0.1) is 5.41 Å². The molecular formula is C51H74O18S. The van der Waals surface area contributed by atoms with E-state index < -0.39 is 29.6 Å². The van der Waals surface area contributed by atoms with Crippen LogP contribution >= 0.6 is 11.3 Å². The molecule has 19 heteroatoms. The molecule has 0 fully saturated rings. The minimum absolute atomic E-state index is 0.0428. The molecule has 0 aliphatic heterocycles. The van der Waals surface area contributed by atoms with E-state index in [2.05, 4.69) is 20.1 Å². The third kappa shape index (κ3) is 25.8. The van der Waals surface area contributed by atoms with Gasteiger partial charge in [0.15, 0.2) is 11.7 Å². The Morgan fingerprint density at radius 3 is 1.56 bits per heavy atom. The summed E-state index contributed by atoms with van der Waals surface area (Å²) < 4.78 is 80.1. The monoisotopic (exact) mass is 1010 g/mol. The van der Waals surface area contributed by atoms with Gasteiger partial charge in [0.25, 0.3) is 0 Å². The Kier molecular flexibility index (Phi) is 32.2. The predicted molar refractivity (Wildman–Crippen MR) is 263 cm³/mol. The van der Waals surface area contributed by atoms with E-state index >= 15 is 0 Å². The quantitative estimate of drug-likeness (QED) is 0.0157. The van der Waals surface area contributed by atoms with E-state index in [4.69, 9.17) is 66.3 Å². The van der Waals surface area contributed by atoms with Crippen molar-refractivity contribution < 1.29 is 80.7 Å². The van der Waals surface area contributed by atoms with Crippen LogP contribution in [0.3, 0.4) is 0 Å². The Labute approximate surface area is 415 Å². The second kappa shape index (κ2) is 37.5. The Bertz CT molecular complexity index is 1930. The highest BCUT2D eigenvalue weighted by molar-refractivity contribution is 7.24. The second-order valence-electron chi connectivity index (χ2n) is 15.7. The van der Waals surface area contributed by atoms with Crippen LogP contribution < -0.4 is 5.43 Å². The van der Waals surface area contributed by atoms with Gasteiger partial charge in [-0.05, 0) is 63.4 Å². The highest BCUT2D eigenvalue weighted by Crippen LogP contribution is 2.26. The molecule has 2 aromatic carbocycles. The molecule has 70 heavy (non-hydrogen) atoms. The van der Waals surface area contributed by atoms with E-state index in [0.717, 1.165) is 40.8 Å². The van der Waals surface area contributed by atoms with Gasteiger partial charge in [0.1, 0.15) is 19.8 Å². The molecule has 0 N–H and O–H groups in total. The molecule has 0 spiro atoms. The molecule has 0 aliphatic rings. The van der Waals surface area contributed by atoms with E-state index in [1.54, 1.807) is 31.2 Å². The average Bonchev–Trinajstić information content (AvgIpc) is 3.37. The number of rotatable bonds is 44. The van der Waals surface area contributed by atoms with Crippen LogP contribution in [0.25, 0.3) is 20.2 Å². The van der Waals surface area contributed by atoms with Gasteiger partial charge in [-0.25, -0.2) is 14.4 Å². The van der Waals surface area contributed by atoms with Crippen molar-refractivity contribution in [3.05, 3.63) is 83.6 Å². The first-order chi connectivity index (χ1) is 34.1. The lowest BCUT2D eigenvalue weighted by Crippen LogP contribution is -2.38. The Balaban J connectivity index is 1.32. The van der Waals surface area contributed by atoms with Crippen LogP contribution in [-0.4, -0.2) is 176 Å². The third-order valence-corrected chi connectivity index (χ3v) is 11.5. The number of hydrogen-bond donors (Lipinski definition) is 0. The number of esters is 3. The molecule has 3 aromatic rings. The summed E-state index contributed by atoms with van der Waals surface area (Å²) in [4.78, 5) is 48.0. The number of benzene rings is 2. The van der Waals surface area contributed by atoms with Gasteiger partial charge in [0.05, 0.1) is 131 Å².